The van der Waals surface area contributed by atoms with E-state index in [4.69, 9.17) is 5.73 Å². The van der Waals surface area contributed by atoms with Gasteiger partial charge in [0.2, 0.25) is 0 Å². The maximum absolute atomic E-state index is 6.14. The summed E-state index contributed by atoms with van der Waals surface area (Å²) in [6, 6.07) is 9.90. The van der Waals surface area contributed by atoms with E-state index in [9.17, 15) is 0 Å². The van der Waals surface area contributed by atoms with Crippen LogP contribution in [-0.4, -0.2) is 24.0 Å². The average molecular weight is 232 g/mol. The van der Waals surface area contributed by atoms with E-state index in [0.29, 0.717) is 12.1 Å². The summed E-state index contributed by atoms with van der Waals surface area (Å²) in [4.78, 5) is 2.42. The first kappa shape index (κ1) is 12.6. The standard InChI is InChI=1S/C15H24N2/c1-3-12-7-9-13(10-8-12)11-17(2)15-6-4-5-14(15)16/h7-10,14-15H,3-6,11,16H2,1-2H3. The second-order valence-corrected chi connectivity index (χ2v) is 5.25. The molecule has 1 aliphatic carbocycles. The number of nitrogens with zero attached hydrogens (tertiary/aromatic N) is 1. The molecule has 0 saturated heterocycles. The zero-order chi connectivity index (χ0) is 12.3. The molecule has 0 radical (unpaired) electrons. The Morgan fingerprint density at radius 2 is 1.82 bits per heavy atom. The fourth-order valence-electron chi connectivity index (χ4n) is 2.80. The Hall–Kier alpha value is -0.860. The van der Waals surface area contributed by atoms with Gasteiger partial charge in [-0.25, -0.2) is 0 Å². The lowest BCUT2D eigenvalue weighted by Crippen LogP contribution is -2.41. The van der Waals surface area contributed by atoms with E-state index in [1.165, 1.54) is 30.4 Å². The van der Waals surface area contributed by atoms with Gasteiger partial charge in [-0.15, -0.1) is 0 Å². The van der Waals surface area contributed by atoms with Gasteiger partial charge in [0.25, 0.3) is 0 Å². The fraction of sp³-hybridized carbons (Fsp3) is 0.600. The van der Waals surface area contributed by atoms with Gasteiger partial charge in [0.05, 0.1) is 0 Å². The highest BCUT2D eigenvalue weighted by Gasteiger charge is 2.27. The van der Waals surface area contributed by atoms with Crippen molar-refractivity contribution in [1.82, 2.24) is 4.90 Å². The van der Waals surface area contributed by atoms with Crippen molar-refractivity contribution in [2.75, 3.05) is 7.05 Å². The van der Waals surface area contributed by atoms with E-state index >= 15 is 0 Å². The molecule has 2 nitrogen and oxygen atoms in total. The third-order valence-electron chi connectivity index (χ3n) is 3.96. The molecule has 0 aromatic heterocycles. The Morgan fingerprint density at radius 3 is 2.35 bits per heavy atom. The van der Waals surface area contributed by atoms with Crippen molar-refractivity contribution in [2.24, 2.45) is 5.73 Å². The molecule has 0 heterocycles. The molecule has 2 unspecified atom stereocenters. The maximum atomic E-state index is 6.14. The summed E-state index contributed by atoms with van der Waals surface area (Å²) < 4.78 is 0. The molecular weight excluding hydrogens is 208 g/mol. The van der Waals surface area contributed by atoms with Crippen LogP contribution in [0.2, 0.25) is 0 Å². The number of hydrogen-bond donors (Lipinski definition) is 1. The smallest absolute Gasteiger partial charge is 0.0247 e. The van der Waals surface area contributed by atoms with E-state index in [1.54, 1.807) is 0 Å². The third kappa shape index (κ3) is 3.08. The van der Waals surface area contributed by atoms with E-state index in [-0.39, 0.29) is 0 Å². The summed E-state index contributed by atoms with van der Waals surface area (Å²) in [6.45, 7) is 3.21. The van der Waals surface area contributed by atoms with Crippen LogP contribution >= 0.6 is 0 Å². The molecule has 0 bridgehead atoms. The monoisotopic (exact) mass is 232 g/mol. The number of benzene rings is 1. The van der Waals surface area contributed by atoms with Crippen molar-refractivity contribution >= 4 is 0 Å². The summed E-state index contributed by atoms with van der Waals surface area (Å²) in [7, 11) is 2.20. The molecule has 2 rings (SSSR count). The normalized spacial score (nSPS) is 24.5. The predicted octanol–water partition coefficient (Wildman–Crippen LogP) is 2.56. The molecule has 1 aliphatic rings. The van der Waals surface area contributed by atoms with Gasteiger partial charge in [-0.2, -0.15) is 0 Å². The van der Waals surface area contributed by atoms with Crippen molar-refractivity contribution in [3.63, 3.8) is 0 Å². The fourth-order valence-corrected chi connectivity index (χ4v) is 2.80. The van der Waals surface area contributed by atoms with Crippen LogP contribution in [0, 0.1) is 0 Å². The van der Waals surface area contributed by atoms with Gasteiger partial charge in [-0.3, -0.25) is 4.90 Å². The molecule has 94 valence electrons. The number of hydrogen-bond acceptors (Lipinski definition) is 2. The van der Waals surface area contributed by atoms with Gasteiger partial charge in [0.15, 0.2) is 0 Å². The van der Waals surface area contributed by atoms with Crippen LogP contribution in [-0.2, 0) is 13.0 Å². The first-order chi connectivity index (χ1) is 8.20. The molecule has 1 aromatic rings. The van der Waals surface area contributed by atoms with Crippen molar-refractivity contribution in [1.29, 1.82) is 0 Å². The molecule has 1 aromatic carbocycles. The molecular formula is C15H24N2. The Bertz CT molecular complexity index is 344. The third-order valence-corrected chi connectivity index (χ3v) is 3.96. The quantitative estimate of drug-likeness (QED) is 0.864. The highest BCUT2D eigenvalue weighted by Crippen LogP contribution is 2.23. The second kappa shape index (κ2) is 5.65. The van der Waals surface area contributed by atoms with E-state index in [2.05, 4.69) is 43.1 Å². The largest absolute Gasteiger partial charge is 0.326 e. The van der Waals surface area contributed by atoms with Crippen molar-refractivity contribution in [2.45, 2.75) is 51.2 Å². The van der Waals surface area contributed by atoms with Gasteiger partial charge in [0.1, 0.15) is 0 Å². The summed E-state index contributed by atoms with van der Waals surface area (Å²) in [5.41, 5.74) is 8.94. The van der Waals surface area contributed by atoms with Gasteiger partial charge in [0, 0.05) is 18.6 Å². The van der Waals surface area contributed by atoms with Gasteiger partial charge >= 0.3 is 0 Å². The Balaban J connectivity index is 1.95. The average Bonchev–Trinajstić information content (AvgIpc) is 2.76. The lowest BCUT2D eigenvalue weighted by molar-refractivity contribution is 0.220. The first-order valence-corrected chi connectivity index (χ1v) is 6.74. The molecule has 1 fully saturated rings. The second-order valence-electron chi connectivity index (χ2n) is 5.25. The molecule has 2 atom stereocenters. The number of rotatable bonds is 4. The summed E-state index contributed by atoms with van der Waals surface area (Å²) in [6.07, 6.45) is 4.84. The summed E-state index contributed by atoms with van der Waals surface area (Å²) in [5.74, 6) is 0. The SMILES string of the molecule is CCc1ccc(CN(C)C2CCCC2N)cc1. The predicted molar refractivity (Wildman–Crippen MR) is 72.9 cm³/mol. The summed E-state index contributed by atoms with van der Waals surface area (Å²) in [5, 5.41) is 0. The van der Waals surface area contributed by atoms with Crippen LogP contribution in [0.3, 0.4) is 0 Å². The molecule has 0 aliphatic heterocycles. The highest BCUT2D eigenvalue weighted by molar-refractivity contribution is 5.22. The van der Waals surface area contributed by atoms with E-state index in [0.717, 1.165) is 13.0 Å². The minimum Gasteiger partial charge on any atom is -0.326 e. The van der Waals surface area contributed by atoms with Crippen molar-refractivity contribution in [3.8, 4) is 0 Å². The maximum Gasteiger partial charge on any atom is 0.0247 e. The van der Waals surface area contributed by atoms with Crippen LogP contribution in [0.15, 0.2) is 24.3 Å². The van der Waals surface area contributed by atoms with Gasteiger partial charge in [-0.1, -0.05) is 37.6 Å². The van der Waals surface area contributed by atoms with Crippen LogP contribution < -0.4 is 5.73 Å². The minimum atomic E-state index is 0.370. The van der Waals surface area contributed by atoms with Crippen LogP contribution in [0.4, 0.5) is 0 Å². The minimum absolute atomic E-state index is 0.370. The summed E-state index contributed by atoms with van der Waals surface area (Å²) >= 11 is 0. The van der Waals surface area contributed by atoms with Crippen molar-refractivity contribution in [3.05, 3.63) is 35.4 Å². The van der Waals surface area contributed by atoms with Crippen molar-refractivity contribution < 1.29 is 0 Å². The molecule has 2 heteroatoms. The van der Waals surface area contributed by atoms with Crippen LogP contribution in [0.1, 0.15) is 37.3 Å². The van der Waals surface area contributed by atoms with E-state index < -0.39 is 0 Å². The number of aryl methyl sites for hydroxylation is 1. The Kier molecular flexibility index (Phi) is 4.19. The molecule has 17 heavy (non-hydrogen) atoms. The van der Waals surface area contributed by atoms with E-state index in [1.807, 2.05) is 0 Å². The van der Waals surface area contributed by atoms with Crippen LogP contribution in [0.5, 0.6) is 0 Å². The highest BCUT2D eigenvalue weighted by atomic mass is 15.1. The zero-order valence-corrected chi connectivity index (χ0v) is 11.0. The Morgan fingerprint density at radius 1 is 1.18 bits per heavy atom. The zero-order valence-electron chi connectivity index (χ0n) is 11.0. The molecule has 1 saturated carbocycles. The molecule has 0 amide bonds. The van der Waals surface area contributed by atoms with Gasteiger partial charge < -0.3 is 5.73 Å². The van der Waals surface area contributed by atoms with Gasteiger partial charge in [-0.05, 0) is 37.4 Å². The van der Waals surface area contributed by atoms with Crippen LogP contribution in [0.25, 0.3) is 0 Å². The number of nitrogens with two attached hydrogens (primary N) is 1. The molecule has 0 spiro atoms. The lowest BCUT2D eigenvalue weighted by Gasteiger charge is -2.27. The first-order valence-electron chi connectivity index (χ1n) is 6.74. The topological polar surface area (TPSA) is 29.3 Å². The Labute approximate surface area is 105 Å². The number of likely N-dealkylation sites (N-methyl/N-ethyl adjacent to an activating group) is 1. The molecule has 2 N–H and O–H groups in total. The lowest BCUT2D eigenvalue weighted by atomic mass is 10.1.